The van der Waals surface area contributed by atoms with E-state index < -0.39 is 0 Å². The average Bonchev–Trinajstić information content (AvgIpc) is 2.33. The number of hydrogen-bond acceptors (Lipinski definition) is 1. The Morgan fingerprint density at radius 2 is 2.00 bits per heavy atom. The Bertz CT molecular complexity index is 195. The molecular formula is C9H9N. The number of hydrogen-bond donors (Lipinski definition) is 1. The van der Waals surface area contributed by atoms with Gasteiger partial charge in [-0.15, -0.1) is 0 Å². The van der Waals surface area contributed by atoms with Crippen LogP contribution < -0.4 is 5.32 Å². The summed E-state index contributed by atoms with van der Waals surface area (Å²) in [4.78, 5) is 0. The van der Waals surface area contributed by atoms with Crippen LogP contribution in [0, 0.1) is 7.43 Å². The maximum absolute atomic E-state index is 3.30. The molecule has 1 nitrogen and oxygen atoms in total. The highest BCUT2D eigenvalue weighted by atomic mass is 14.9. The van der Waals surface area contributed by atoms with Crippen molar-refractivity contribution in [2.45, 2.75) is 6.42 Å². The smallest absolute Gasteiger partial charge is 0.0373 e. The maximum atomic E-state index is 3.30. The van der Waals surface area contributed by atoms with Crippen LogP contribution in [0.5, 0.6) is 0 Å². The molecule has 1 heterocycles. The Kier molecular flexibility index (Phi) is 1.95. The lowest BCUT2D eigenvalue weighted by Gasteiger charge is -1.94. The molecule has 0 fully saturated rings. The Hall–Kier alpha value is -0.980. The van der Waals surface area contributed by atoms with Crippen LogP contribution in [0.4, 0.5) is 5.69 Å². The molecule has 0 amide bonds. The fraction of sp³-hybridized carbons (Fsp3) is 0.222. The van der Waals surface area contributed by atoms with E-state index >= 15 is 0 Å². The first kappa shape index (κ1) is 7.13. The third kappa shape index (κ3) is 0.991. The van der Waals surface area contributed by atoms with Crippen molar-refractivity contribution in [3.8, 4) is 0 Å². The van der Waals surface area contributed by atoms with Gasteiger partial charge in [0.25, 0.3) is 0 Å². The zero-order valence-electron chi connectivity index (χ0n) is 5.72. The number of rotatable bonds is 0. The van der Waals surface area contributed by atoms with Crippen molar-refractivity contribution in [3.05, 3.63) is 37.3 Å². The van der Waals surface area contributed by atoms with Gasteiger partial charge >= 0.3 is 0 Å². The molecule has 1 N–H and O–H groups in total. The Labute approximate surface area is 62.1 Å². The number of nitrogens with one attached hydrogen (secondary N) is 1. The second kappa shape index (κ2) is 2.74. The lowest BCUT2D eigenvalue weighted by molar-refractivity contribution is 1.11. The monoisotopic (exact) mass is 131 g/mol. The molecular weight excluding hydrogens is 122 g/mol. The van der Waals surface area contributed by atoms with E-state index in [1.165, 1.54) is 17.7 Å². The molecule has 0 unspecified atom stereocenters. The molecule has 4 radical (unpaired) electrons. The fourth-order valence-corrected chi connectivity index (χ4v) is 1.24. The van der Waals surface area contributed by atoms with Crippen LogP contribution in [-0.4, -0.2) is 6.54 Å². The van der Waals surface area contributed by atoms with Crippen LogP contribution in [0.1, 0.15) is 5.56 Å². The first-order valence-electron chi connectivity index (χ1n) is 3.28. The van der Waals surface area contributed by atoms with Crippen LogP contribution in [0.25, 0.3) is 0 Å². The van der Waals surface area contributed by atoms with Crippen LogP contribution in [0.2, 0.25) is 0 Å². The van der Waals surface area contributed by atoms with E-state index in [4.69, 9.17) is 0 Å². The van der Waals surface area contributed by atoms with Crippen molar-refractivity contribution in [2.24, 2.45) is 0 Å². The number of fused-ring (bicyclic) bond motifs is 1. The van der Waals surface area contributed by atoms with Gasteiger partial charge in [-0.1, -0.05) is 18.2 Å². The predicted molar refractivity (Wildman–Crippen MR) is 41.9 cm³/mol. The summed E-state index contributed by atoms with van der Waals surface area (Å²) in [7, 11) is 0. The molecule has 1 aliphatic rings. The quantitative estimate of drug-likeness (QED) is 0.565. The molecule has 0 aromatic heterocycles. The molecule has 1 aromatic rings. The minimum Gasteiger partial charge on any atom is -0.384 e. The molecule has 0 atom stereocenters. The molecule has 1 aromatic carbocycles. The van der Waals surface area contributed by atoms with Crippen molar-refractivity contribution >= 4 is 5.69 Å². The Balaban J connectivity index is 0.000000500. The summed E-state index contributed by atoms with van der Waals surface area (Å²) in [5.74, 6) is 0. The van der Waals surface area contributed by atoms with Crippen LogP contribution in [0.15, 0.2) is 24.3 Å². The third-order valence-corrected chi connectivity index (χ3v) is 1.73. The second-order valence-corrected chi connectivity index (χ2v) is 2.33. The number of para-hydroxylation sites is 1. The van der Waals surface area contributed by atoms with Gasteiger partial charge in [0.15, 0.2) is 0 Å². The molecule has 10 heavy (non-hydrogen) atoms. The lowest BCUT2D eigenvalue weighted by Crippen LogP contribution is -1.90. The summed E-state index contributed by atoms with van der Waals surface area (Å²) in [5, 5.41) is 3.30. The first-order valence-corrected chi connectivity index (χ1v) is 3.28. The zero-order valence-corrected chi connectivity index (χ0v) is 5.72. The Morgan fingerprint density at radius 1 is 1.20 bits per heavy atom. The number of benzene rings is 1. The summed E-state index contributed by atoms with van der Waals surface area (Å²) >= 11 is 0. The molecule has 1 heteroatoms. The third-order valence-electron chi connectivity index (χ3n) is 1.73. The minimum atomic E-state index is 0. The summed E-state index contributed by atoms with van der Waals surface area (Å²) in [6.45, 7) is 1.11. The lowest BCUT2D eigenvalue weighted by atomic mass is 10.2. The van der Waals surface area contributed by atoms with E-state index in [1.54, 1.807) is 0 Å². The molecule has 0 spiro atoms. The largest absolute Gasteiger partial charge is 0.384 e. The first-order chi connectivity index (χ1) is 4.47. The normalized spacial score (nSPS) is 13.2. The molecule has 1 aliphatic heterocycles. The summed E-state index contributed by atoms with van der Waals surface area (Å²) in [5.41, 5.74) is 2.77. The topological polar surface area (TPSA) is 12.0 Å². The van der Waals surface area contributed by atoms with E-state index in [0.717, 1.165) is 6.54 Å². The average molecular weight is 131 g/mol. The van der Waals surface area contributed by atoms with Crippen LogP contribution in [0.3, 0.4) is 0 Å². The highest BCUT2D eigenvalue weighted by Gasteiger charge is 2.05. The SMILES string of the molecule is [C].c1ccc2c(c1)CCN2. The highest BCUT2D eigenvalue weighted by Crippen LogP contribution is 2.19. The minimum absolute atomic E-state index is 0. The zero-order chi connectivity index (χ0) is 6.10. The van der Waals surface area contributed by atoms with Crippen molar-refractivity contribution in [3.63, 3.8) is 0 Å². The van der Waals surface area contributed by atoms with E-state index in [0.29, 0.717) is 0 Å². The van der Waals surface area contributed by atoms with Gasteiger partial charge in [-0.2, -0.15) is 0 Å². The van der Waals surface area contributed by atoms with Gasteiger partial charge in [0.2, 0.25) is 0 Å². The second-order valence-electron chi connectivity index (χ2n) is 2.33. The van der Waals surface area contributed by atoms with E-state index in [1.807, 2.05) is 0 Å². The van der Waals surface area contributed by atoms with E-state index in [9.17, 15) is 0 Å². The van der Waals surface area contributed by atoms with Crippen molar-refractivity contribution < 1.29 is 0 Å². The summed E-state index contributed by atoms with van der Waals surface area (Å²) < 4.78 is 0. The molecule has 0 saturated heterocycles. The van der Waals surface area contributed by atoms with Gasteiger partial charge in [0, 0.05) is 19.7 Å². The predicted octanol–water partition coefficient (Wildman–Crippen LogP) is 1.74. The van der Waals surface area contributed by atoms with Gasteiger partial charge in [-0.25, -0.2) is 0 Å². The van der Waals surface area contributed by atoms with Gasteiger partial charge < -0.3 is 5.32 Å². The van der Waals surface area contributed by atoms with Gasteiger partial charge in [-0.05, 0) is 18.1 Å². The molecule has 0 aliphatic carbocycles. The molecule has 0 bridgehead atoms. The summed E-state index contributed by atoms with van der Waals surface area (Å²) in [6, 6.07) is 8.46. The van der Waals surface area contributed by atoms with Gasteiger partial charge in [0.1, 0.15) is 0 Å². The van der Waals surface area contributed by atoms with Gasteiger partial charge in [-0.3, -0.25) is 0 Å². The Morgan fingerprint density at radius 3 is 2.80 bits per heavy atom. The summed E-state index contributed by atoms with van der Waals surface area (Å²) in [6.07, 6.45) is 1.19. The van der Waals surface area contributed by atoms with Crippen LogP contribution >= 0.6 is 0 Å². The molecule has 0 saturated carbocycles. The highest BCUT2D eigenvalue weighted by molar-refractivity contribution is 5.54. The van der Waals surface area contributed by atoms with Crippen molar-refractivity contribution in [1.82, 2.24) is 0 Å². The fourth-order valence-electron chi connectivity index (χ4n) is 1.24. The maximum Gasteiger partial charge on any atom is 0.0373 e. The van der Waals surface area contributed by atoms with E-state index in [2.05, 4.69) is 29.6 Å². The number of anilines is 1. The van der Waals surface area contributed by atoms with Crippen molar-refractivity contribution in [1.29, 1.82) is 0 Å². The van der Waals surface area contributed by atoms with E-state index in [-0.39, 0.29) is 7.43 Å². The van der Waals surface area contributed by atoms with Crippen molar-refractivity contribution in [2.75, 3.05) is 11.9 Å². The molecule has 50 valence electrons. The van der Waals surface area contributed by atoms with Crippen LogP contribution in [-0.2, 0) is 6.42 Å². The molecule has 2 rings (SSSR count). The standard InChI is InChI=1S/C8H9N.C/c1-2-4-8-7(3-1)5-6-9-8;/h1-4,9H,5-6H2;. The van der Waals surface area contributed by atoms with Gasteiger partial charge in [0.05, 0.1) is 0 Å².